The Labute approximate surface area is 134 Å². The summed E-state index contributed by atoms with van der Waals surface area (Å²) in [6, 6.07) is 0. The van der Waals surface area contributed by atoms with Crippen molar-refractivity contribution in [3.8, 4) is 0 Å². The summed E-state index contributed by atoms with van der Waals surface area (Å²) in [5.74, 6) is 0. The first kappa shape index (κ1) is 29.7. The molecule has 0 bridgehead atoms. The number of hydrogen-bond donors (Lipinski definition) is 3. The van der Waals surface area contributed by atoms with E-state index in [2.05, 4.69) is 8.62 Å². The Morgan fingerprint density at radius 1 is 0.700 bits per heavy atom. The minimum atomic E-state index is -5.68. The van der Waals surface area contributed by atoms with Gasteiger partial charge in [-0.3, -0.25) is 4.57 Å². The van der Waals surface area contributed by atoms with Crippen molar-refractivity contribution in [1.82, 2.24) is 0 Å². The van der Waals surface area contributed by atoms with Crippen LogP contribution in [0.3, 0.4) is 0 Å². The maximum Gasteiger partial charge on any atom is 3.00 e. The third-order valence-electron chi connectivity index (χ3n) is 0.410. The zero-order chi connectivity index (χ0) is 15.4. The second-order valence-electron chi connectivity index (χ2n) is 2.02. The van der Waals surface area contributed by atoms with Crippen LogP contribution in [0.2, 0.25) is 0 Å². The molecule has 20 heteroatoms. The van der Waals surface area contributed by atoms with E-state index < -0.39 is 31.3 Å². The Morgan fingerprint density at radius 2 is 0.950 bits per heavy atom. The Kier molecular flexibility index (Phi) is 15.5. The molecule has 112 valence electrons. The molecule has 0 aliphatic heterocycles. The van der Waals surface area contributed by atoms with Gasteiger partial charge in [0, 0.05) is 0 Å². The smallest absolute Gasteiger partial charge is 0.790 e. The second-order valence-corrected chi connectivity index (χ2v) is 7.03. The molecule has 20 heavy (non-hydrogen) atoms. The Morgan fingerprint density at radius 3 is 0.950 bits per heavy atom. The Balaban J connectivity index is -0.000000116. The van der Waals surface area contributed by atoms with Gasteiger partial charge < -0.3 is 52.6 Å². The van der Waals surface area contributed by atoms with E-state index in [0.29, 0.717) is 0 Å². The standard InChI is InChI=1S/Al.2H4O7P2.Zn/c;2*1-8(2,3)7-9(4,5)6;/h;2*(H2,1,2,3)(H2,4,5,6);/q+3;;;+2/p-5. The van der Waals surface area contributed by atoms with Crippen molar-refractivity contribution in [2.75, 3.05) is 0 Å². The minimum Gasteiger partial charge on any atom is -0.790 e. The van der Waals surface area contributed by atoms with Gasteiger partial charge >= 0.3 is 44.7 Å². The summed E-state index contributed by atoms with van der Waals surface area (Å²) in [6.07, 6.45) is 0. The topological polar surface area (TPSA) is 263 Å². The monoisotopic (exact) mass is 442 g/mol. The molecule has 0 aliphatic rings. The summed E-state index contributed by atoms with van der Waals surface area (Å²) in [4.78, 5) is 69.9. The molecule has 1 atom stereocenters. The van der Waals surface area contributed by atoms with E-state index in [1.165, 1.54) is 0 Å². The van der Waals surface area contributed by atoms with Crippen molar-refractivity contribution in [3.05, 3.63) is 0 Å². The normalized spacial score (nSPS) is 14.8. The molecule has 0 spiro atoms. The summed E-state index contributed by atoms with van der Waals surface area (Å²) < 4.78 is 43.1. The van der Waals surface area contributed by atoms with Crippen LogP contribution in [-0.4, -0.2) is 32.0 Å². The second kappa shape index (κ2) is 10.5. The molecular formula is H3AlO14P4Zn. The van der Waals surface area contributed by atoms with Crippen molar-refractivity contribution in [3.63, 3.8) is 0 Å². The van der Waals surface area contributed by atoms with Crippen LogP contribution in [0.15, 0.2) is 0 Å². The van der Waals surface area contributed by atoms with Gasteiger partial charge in [0.15, 0.2) is 0 Å². The van der Waals surface area contributed by atoms with Crippen LogP contribution in [0.4, 0.5) is 0 Å². The van der Waals surface area contributed by atoms with Crippen molar-refractivity contribution < 1.29 is 85.5 Å². The van der Waals surface area contributed by atoms with E-state index in [4.69, 9.17) is 14.7 Å². The third-order valence-corrected chi connectivity index (χ3v) is 3.69. The molecule has 0 heterocycles. The van der Waals surface area contributed by atoms with Gasteiger partial charge in [-0.2, -0.15) is 0 Å². The molecule has 0 amide bonds. The first-order chi connectivity index (χ1) is 7.41. The first-order valence-corrected chi connectivity index (χ1v) is 8.92. The van der Waals surface area contributed by atoms with Crippen molar-refractivity contribution in [2.24, 2.45) is 0 Å². The summed E-state index contributed by atoms with van der Waals surface area (Å²) in [7, 11) is -21.8. The number of rotatable bonds is 4. The van der Waals surface area contributed by atoms with Gasteiger partial charge in [0.2, 0.25) is 0 Å². The zero-order valence-corrected chi connectivity index (χ0v) is 16.6. The van der Waals surface area contributed by atoms with Crippen LogP contribution in [-0.2, 0) is 46.4 Å². The maximum absolute atomic E-state index is 9.59. The van der Waals surface area contributed by atoms with Crippen LogP contribution in [0.5, 0.6) is 0 Å². The Bertz CT molecular complexity index is 348. The third kappa shape index (κ3) is 36.7. The fourth-order valence-corrected chi connectivity index (χ4v) is 2.31. The molecule has 14 nitrogen and oxygen atoms in total. The molecule has 0 aromatic heterocycles. The van der Waals surface area contributed by atoms with Crippen LogP contribution in [0.25, 0.3) is 0 Å². The van der Waals surface area contributed by atoms with Gasteiger partial charge in [0.1, 0.15) is 0 Å². The number of phosphoric acid groups is 4. The van der Waals surface area contributed by atoms with Gasteiger partial charge in [0.05, 0.1) is 15.6 Å². The minimum absolute atomic E-state index is 0. The molecule has 0 aromatic carbocycles. The summed E-state index contributed by atoms with van der Waals surface area (Å²) in [5.41, 5.74) is 0. The van der Waals surface area contributed by atoms with Crippen LogP contribution < -0.4 is 24.5 Å². The predicted octanol–water partition coefficient (Wildman–Crippen LogP) is -5.17. The molecule has 0 aliphatic carbocycles. The number of hydrogen-bond acceptors (Lipinski definition) is 11. The molecule has 0 saturated carbocycles. The molecule has 1 unspecified atom stereocenters. The van der Waals surface area contributed by atoms with E-state index >= 15 is 0 Å². The first-order valence-electron chi connectivity index (χ1n) is 2.97. The van der Waals surface area contributed by atoms with E-state index in [-0.39, 0.29) is 36.8 Å². The van der Waals surface area contributed by atoms with Crippen molar-refractivity contribution in [1.29, 1.82) is 0 Å². The fraction of sp³-hybridized carbons (Fsp3) is 0. The molecule has 3 N–H and O–H groups in total. The van der Waals surface area contributed by atoms with E-state index in [0.717, 1.165) is 0 Å². The summed E-state index contributed by atoms with van der Waals surface area (Å²) in [6.45, 7) is 0. The quantitative estimate of drug-likeness (QED) is 0.271. The van der Waals surface area contributed by atoms with Crippen molar-refractivity contribution in [2.45, 2.75) is 0 Å². The van der Waals surface area contributed by atoms with Crippen molar-refractivity contribution >= 4 is 48.7 Å². The average molecular weight is 443 g/mol. The van der Waals surface area contributed by atoms with Crippen LogP contribution in [0, 0.1) is 0 Å². The fourth-order valence-electron chi connectivity index (χ4n) is 0.257. The molecule has 0 fully saturated rings. The van der Waals surface area contributed by atoms with Gasteiger partial charge in [-0.1, -0.05) is 0 Å². The van der Waals surface area contributed by atoms with Gasteiger partial charge in [0.25, 0.3) is 7.82 Å². The van der Waals surface area contributed by atoms with E-state index in [1.807, 2.05) is 0 Å². The average Bonchev–Trinajstić information content (AvgIpc) is 1.64. The zero-order valence-electron chi connectivity index (χ0n) is 8.91. The largest absolute Gasteiger partial charge is 3.00 e. The van der Waals surface area contributed by atoms with E-state index in [1.54, 1.807) is 0 Å². The molecular weight excluding hydrogens is 440 g/mol. The SMILES string of the molecule is O=P([O-])(O)OP(=O)(O)O.O=P([O-])([O-])OP(=O)([O-])[O-].[Al+3].[Zn+2]. The molecule has 0 saturated heterocycles. The van der Waals surface area contributed by atoms with Crippen LogP contribution >= 0.6 is 31.3 Å². The molecule has 0 rings (SSSR count). The maximum atomic E-state index is 9.59. The Hall–Kier alpha value is 1.68. The summed E-state index contributed by atoms with van der Waals surface area (Å²) in [5, 5.41) is 0. The van der Waals surface area contributed by atoms with Gasteiger partial charge in [-0.15, -0.1) is 0 Å². The van der Waals surface area contributed by atoms with Crippen LogP contribution in [0.1, 0.15) is 0 Å². The van der Waals surface area contributed by atoms with Gasteiger partial charge in [-0.05, 0) is 0 Å². The summed E-state index contributed by atoms with van der Waals surface area (Å²) >= 11 is 0. The molecule has 0 aromatic rings. The predicted molar refractivity (Wildman–Crippen MR) is 45.0 cm³/mol. The molecule has 0 radical (unpaired) electrons. The van der Waals surface area contributed by atoms with E-state index in [9.17, 15) is 42.7 Å². The van der Waals surface area contributed by atoms with Gasteiger partial charge in [-0.25, -0.2) is 8.88 Å².